The van der Waals surface area contributed by atoms with Crippen molar-refractivity contribution in [3.8, 4) is 0 Å². The van der Waals surface area contributed by atoms with Crippen molar-refractivity contribution >= 4 is 51.5 Å². The number of nitrogens with one attached hydrogen (secondary N) is 1. The van der Waals surface area contributed by atoms with Gasteiger partial charge in [0.1, 0.15) is 0 Å². The van der Waals surface area contributed by atoms with Crippen molar-refractivity contribution in [2.75, 3.05) is 5.32 Å². The second-order valence-corrected chi connectivity index (χ2v) is 8.36. The zero-order valence-corrected chi connectivity index (χ0v) is 18.6. The number of carbonyl (C=O) groups excluding carboxylic acids is 2. The number of fused-ring (bicyclic) bond motifs is 1. The van der Waals surface area contributed by atoms with Gasteiger partial charge in [0.25, 0.3) is 11.7 Å². The van der Waals surface area contributed by atoms with Crippen molar-refractivity contribution in [3.05, 3.63) is 99.2 Å². The summed E-state index contributed by atoms with van der Waals surface area (Å²) in [5.41, 5.74) is 4.59. The topological polar surface area (TPSA) is 51.1 Å². The Kier molecular flexibility index (Phi) is 5.86. The van der Waals surface area contributed by atoms with Gasteiger partial charge in [-0.3, -0.25) is 9.59 Å². The SMILES string of the molecule is Cc1ccc2c(c1)c(C(=O)C(=O)Nc1cccc(Cl)c1)c(C)n2Cc1ccc(Cl)cc1. The highest BCUT2D eigenvalue weighted by molar-refractivity contribution is 6.48. The summed E-state index contributed by atoms with van der Waals surface area (Å²) < 4.78 is 2.05. The van der Waals surface area contributed by atoms with E-state index in [1.807, 2.05) is 56.3 Å². The second-order valence-electron chi connectivity index (χ2n) is 7.49. The summed E-state index contributed by atoms with van der Waals surface area (Å²) in [5.74, 6) is -1.28. The Morgan fingerprint density at radius 1 is 0.903 bits per heavy atom. The van der Waals surface area contributed by atoms with E-state index in [4.69, 9.17) is 23.2 Å². The van der Waals surface area contributed by atoms with Crippen LogP contribution in [0.25, 0.3) is 10.9 Å². The summed E-state index contributed by atoms with van der Waals surface area (Å²) in [6.45, 7) is 4.39. The molecule has 0 atom stereocenters. The van der Waals surface area contributed by atoms with Crippen molar-refractivity contribution in [2.45, 2.75) is 20.4 Å². The van der Waals surface area contributed by atoms with Crippen molar-refractivity contribution in [1.29, 1.82) is 0 Å². The Hall–Kier alpha value is -3.08. The maximum absolute atomic E-state index is 13.2. The molecule has 31 heavy (non-hydrogen) atoms. The average molecular weight is 451 g/mol. The number of hydrogen-bond donors (Lipinski definition) is 1. The minimum absolute atomic E-state index is 0.409. The number of aromatic nitrogens is 1. The van der Waals surface area contributed by atoms with Crippen LogP contribution in [0.15, 0.2) is 66.7 Å². The van der Waals surface area contributed by atoms with Crippen LogP contribution in [0.5, 0.6) is 0 Å². The molecule has 6 heteroatoms. The van der Waals surface area contributed by atoms with Gasteiger partial charge >= 0.3 is 0 Å². The smallest absolute Gasteiger partial charge is 0.296 e. The molecule has 0 aliphatic rings. The molecule has 4 nitrogen and oxygen atoms in total. The number of Topliss-reactive ketones (excluding diaryl/α,β-unsaturated/α-hetero) is 1. The Balaban J connectivity index is 1.75. The van der Waals surface area contributed by atoms with Crippen LogP contribution in [0.2, 0.25) is 10.0 Å². The summed E-state index contributed by atoms with van der Waals surface area (Å²) >= 11 is 12.0. The summed E-state index contributed by atoms with van der Waals surface area (Å²) in [6.07, 6.45) is 0. The lowest BCUT2D eigenvalue weighted by Crippen LogP contribution is -2.23. The number of ketones is 1. The maximum Gasteiger partial charge on any atom is 0.296 e. The van der Waals surface area contributed by atoms with Gasteiger partial charge in [0, 0.05) is 38.9 Å². The van der Waals surface area contributed by atoms with Gasteiger partial charge in [-0.15, -0.1) is 0 Å². The number of aryl methyl sites for hydroxylation is 1. The highest BCUT2D eigenvalue weighted by atomic mass is 35.5. The predicted molar refractivity (Wildman–Crippen MR) is 126 cm³/mol. The summed E-state index contributed by atoms with van der Waals surface area (Å²) in [7, 11) is 0. The van der Waals surface area contributed by atoms with Crippen LogP contribution >= 0.6 is 23.2 Å². The first kappa shape index (κ1) is 21.2. The molecule has 0 spiro atoms. The Morgan fingerprint density at radius 2 is 1.65 bits per heavy atom. The van der Waals surface area contributed by atoms with Crippen molar-refractivity contribution in [2.24, 2.45) is 0 Å². The van der Waals surface area contributed by atoms with Gasteiger partial charge in [-0.05, 0) is 61.9 Å². The second kappa shape index (κ2) is 8.58. The van der Waals surface area contributed by atoms with Crippen LogP contribution in [0.4, 0.5) is 5.69 Å². The van der Waals surface area contributed by atoms with Crippen molar-refractivity contribution in [1.82, 2.24) is 4.57 Å². The normalized spacial score (nSPS) is 11.0. The molecule has 0 bridgehead atoms. The van der Waals surface area contributed by atoms with E-state index in [1.54, 1.807) is 24.3 Å². The molecular formula is C25H20Cl2N2O2. The molecule has 3 aromatic carbocycles. The van der Waals surface area contributed by atoms with E-state index in [9.17, 15) is 9.59 Å². The zero-order chi connectivity index (χ0) is 22.1. The van der Waals surface area contributed by atoms with Gasteiger partial charge in [-0.2, -0.15) is 0 Å². The average Bonchev–Trinajstić information content (AvgIpc) is 2.99. The third-order valence-corrected chi connectivity index (χ3v) is 5.74. The number of hydrogen-bond acceptors (Lipinski definition) is 2. The van der Waals surface area contributed by atoms with Crippen LogP contribution in [0.1, 0.15) is 27.2 Å². The molecule has 1 aromatic heterocycles. The molecular weight excluding hydrogens is 431 g/mol. The molecule has 0 radical (unpaired) electrons. The lowest BCUT2D eigenvalue weighted by Gasteiger charge is -2.09. The molecule has 0 saturated heterocycles. The quantitative estimate of drug-likeness (QED) is 0.281. The first-order valence-corrected chi connectivity index (χ1v) is 10.5. The number of benzene rings is 3. The van der Waals surface area contributed by atoms with Crippen LogP contribution in [0.3, 0.4) is 0 Å². The summed E-state index contributed by atoms with van der Waals surface area (Å²) in [6, 6.07) is 20.2. The molecule has 0 saturated carbocycles. The van der Waals surface area contributed by atoms with E-state index in [-0.39, 0.29) is 0 Å². The molecule has 1 N–H and O–H groups in total. The molecule has 0 fully saturated rings. The minimum atomic E-state index is -0.697. The first-order chi connectivity index (χ1) is 14.8. The van der Waals surface area contributed by atoms with E-state index in [0.29, 0.717) is 27.8 Å². The lowest BCUT2D eigenvalue weighted by atomic mass is 10.0. The Bertz CT molecular complexity index is 1310. The molecule has 0 aliphatic carbocycles. The van der Waals surface area contributed by atoms with Gasteiger partial charge in [0.2, 0.25) is 0 Å². The molecule has 1 heterocycles. The van der Waals surface area contributed by atoms with Gasteiger partial charge in [-0.25, -0.2) is 0 Å². The largest absolute Gasteiger partial charge is 0.340 e. The lowest BCUT2D eigenvalue weighted by molar-refractivity contribution is -0.112. The van der Waals surface area contributed by atoms with E-state index in [2.05, 4.69) is 9.88 Å². The van der Waals surface area contributed by atoms with E-state index >= 15 is 0 Å². The third kappa shape index (κ3) is 4.36. The number of halogens is 2. The zero-order valence-electron chi connectivity index (χ0n) is 17.1. The third-order valence-electron chi connectivity index (χ3n) is 5.25. The van der Waals surface area contributed by atoms with Crippen molar-refractivity contribution in [3.63, 3.8) is 0 Å². The molecule has 156 valence electrons. The number of amides is 1. The van der Waals surface area contributed by atoms with Crippen LogP contribution in [0, 0.1) is 13.8 Å². The first-order valence-electron chi connectivity index (χ1n) is 9.78. The van der Waals surface area contributed by atoms with Gasteiger partial charge in [0.15, 0.2) is 0 Å². The molecule has 4 rings (SSSR count). The Morgan fingerprint density at radius 3 is 2.35 bits per heavy atom. The number of carbonyl (C=O) groups is 2. The molecule has 1 amide bonds. The monoisotopic (exact) mass is 450 g/mol. The summed E-state index contributed by atoms with van der Waals surface area (Å²) in [4.78, 5) is 26.0. The Labute approximate surface area is 190 Å². The highest BCUT2D eigenvalue weighted by Crippen LogP contribution is 2.29. The van der Waals surface area contributed by atoms with Crippen molar-refractivity contribution < 1.29 is 9.59 Å². The van der Waals surface area contributed by atoms with Gasteiger partial charge in [0.05, 0.1) is 5.56 Å². The van der Waals surface area contributed by atoms with Gasteiger partial charge in [-0.1, -0.05) is 53.0 Å². The fourth-order valence-electron chi connectivity index (χ4n) is 3.73. The van der Waals surface area contributed by atoms with Crippen LogP contribution in [-0.2, 0) is 11.3 Å². The van der Waals surface area contributed by atoms with E-state index in [0.717, 1.165) is 27.7 Å². The number of anilines is 1. The highest BCUT2D eigenvalue weighted by Gasteiger charge is 2.25. The fourth-order valence-corrected chi connectivity index (χ4v) is 4.04. The summed E-state index contributed by atoms with van der Waals surface area (Å²) in [5, 5.41) is 4.57. The minimum Gasteiger partial charge on any atom is -0.340 e. The fraction of sp³-hybridized carbons (Fsp3) is 0.120. The standard InChI is InChI=1S/C25H20Cl2N2O2/c1-15-6-11-22-21(12-15)23(16(2)29(22)14-17-7-9-18(26)10-8-17)24(30)25(31)28-20-5-3-4-19(27)13-20/h3-13H,14H2,1-2H3,(H,28,31). The van der Waals surface area contributed by atoms with Gasteiger partial charge < -0.3 is 9.88 Å². The van der Waals surface area contributed by atoms with Crippen LogP contribution < -0.4 is 5.32 Å². The van der Waals surface area contributed by atoms with E-state index in [1.165, 1.54) is 0 Å². The van der Waals surface area contributed by atoms with E-state index < -0.39 is 11.7 Å². The maximum atomic E-state index is 13.2. The molecule has 0 aliphatic heterocycles. The number of nitrogens with zero attached hydrogens (tertiary/aromatic N) is 1. The predicted octanol–water partition coefficient (Wildman–Crippen LogP) is 6.43. The van der Waals surface area contributed by atoms with Crippen LogP contribution in [-0.4, -0.2) is 16.3 Å². The number of rotatable bonds is 5. The molecule has 0 unspecified atom stereocenters. The molecule has 4 aromatic rings.